The van der Waals surface area contributed by atoms with E-state index < -0.39 is 0 Å². The van der Waals surface area contributed by atoms with E-state index in [0.29, 0.717) is 17.5 Å². The van der Waals surface area contributed by atoms with Crippen LogP contribution < -0.4 is 0 Å². The van der Waals surface area contributed by atoms with Crippen molar-refractivity contribution in [3.8, 4) is 56.4 Å². The zero-order valence-electron chi connectivity index (χ0n) is 30.3. The molecule has 8 aromatic carbocycles. The molecule has 4 heterocycles. The first-order valence-corrected chi connectivity index (χ1v) is 20.6. The van der Waals surface area contributed by atoms with Gasteiger partial charge in [0.15, 0.2) is 17.5 Å². The van der Waals surface area contributed by atoms with E-state index in [-0.39, 0.29) is 0 Å². The van der Waals surface area contributed by atoms with E-state index in [1.54, 1.807) is 11.3 Å². The van der Waals surface area contributed by atoms with E-state index in [1.165, 1.54) is 40.7 Å². The van der Waals surface area contributed by atoms with E-state index in [9.17, 15) is 0 Å². The maximum atomic E-state index is 6.77. The van der Waals surface area contributed by atoms with Crippen LogP contribution in [0.25, 0.3) is 119 Å². The summed E-state index contributed by atoms with van der Waals surface area (Å²) in [6.07, 6.45) is 0. The second kappa shape index (κ2) is 12.8. The largest absolute Gasteiger partial charge is 0.455 e. The predicted octanol–water partition coefficient (Wildman–Crippen LogP) is 14.8. The Morgan fingerprint density at radius 1 is 0.351 bits per heavy atom. The van der Waals surface area contributed by atoms with Crippen molar-refractivity contribution in [1.29, 1.82) is 0 Å². The van der Waals surface area contributed by atoms with Crippen molar-refractivity contribution in [2.45, 2.75) is 0 Å². The van der Waals surface area contributed by atoms with Crippen LogP contribution in [0, 0.1) is 0 Å². The summed E-state index contributed by atoms with van der Waals surface area (Å²) in [4.78, 5) is 15.2. The fourth-order valence-corrected chi connectivity index (χ4v) is 10.8. The molecule has 12 aromatic rings. The number of aromatic nitrogens is 3. The molecule has 0 atom stereocenters. The molecule has 0 spiro atoms. The van der Waals surface area contributed by atoms with Crippen LogP contribution in [0.4, 0.5) is 0 Å². The molecule has 0 aliphatic heterocycles. The van der Waals surface area contributed by atoms with Gasteiger partial charge < -0.3 is 4.42 Å². The smallest absolute Gasteiger partial charge is 0.164 e. The van der Waals surface area contributed by atoms with Gasteiger partial charge in [0.05, 0.1) is 0 Å². The molecule has 0 aliphatic rings. The molecule has 12 rings (SSSR count). The lowest BCUT2D eigenvalue weighted by atomic mass is 9.94. The average molecular weight is 764 g/mol. The van der Waals surface area contributed by atoms with Gasteiger partial charge in [-0.15, -0.1) is 22.7 Å². The third-order valence-electron chi connectivity index (χ3n) is 10.9. The molecule has 0 saturated carbocycles. The molecule has 0 amide bonds. The minimum atomic E-state index is 0.648. The van der Waals surface area contributed by atoms with E-state index in [2.05, 4.69) is 133 Å². The molecule has 266 valence electrons. The Hall–Kier alpha value is -6.99. The van der Waals surface area contributed by atoms with Gasteiger partial charge in [-0.3, -0.25) is 0 Å². The number of hydrogen-bond donors (Lipinski definition) is 0. The zero-order valence-corrected chi connectivity index (χ0v) is 31.9. The van der Waals surface area contributed by atoms with Crippen molar-refractivity contribution >= 4 is 85.0 Å². The van der Waals surface area contributed by atoms with Gasteiger partial charge in [0.1, 0.15) is 11.2 Å². The Kier molecular flexibility index (Phi) is 7.24. The molecule has 0 bridgehead atoms. The van der Waals surface area contributed by atoms with Crippen molar-refractivity contribution in [1.82, 2.24) is 15.0 Å². The number of hydrogen-bond acceptors (Lipinski definition) is 6. The second-order valence-electron chi connectivity index (χ2n) is 14.3. The van der Waals surface area contributed by atoms with Crippen LogP contribution >= 0.6 is 22.7 Å². The van der Waals surface area contributed by atoms with Gasteiger partial charge in [-0.1, -0.05) is 146 Å². The van der Waals surface area contributed by atoms with Crippen molar-refractivity contribution in [2.75, 3.05) is 0 Å². The minimum absolute atomic E-state index is 0.648. The summed E-state index contributed by atoms with van der Waals surface area (Å²) in [6, 6.07) is 61.9. The quantitative estimate of drug-likeness (QED) is 0.175. The summed E-state index contributed by atoms with van der Waals surface area (Å²) in [5.74, 6) is 1.94. The van der Waals surface area contributed by atoms with Crippen molar-refractivity contribution in [3.05, 3.63) is 176 Å². The summed E-state index contributed by atoms with van der Waals surface area (Å²) in [5.41, 5.74) is 9.27. The number of furan rings is 1. The molecule has 4 nitrogen and oxygen atoms in total. The van der Waals surface area contributed by atoms with Gasteiger partial charge in [-0.25, -0.2) is 15.0 Å². The first-order valence-electron chi connectivity index (χ1n) is 18.9. The molecule has 57 heavy (non-hydrogen) atoms. The lowest BCUT2D eigenvalue weighted by Crippen LogP contribution is -2.00. The number of rotatable bonds is 5. The summed E-state index contributed by atoms with van der Waals surface area (Å²) in [6.45, 7) is 0. The molecule has 0 saturated heterocycles. The van der Waals surface area contributed by atoms with E-state index >= 15 is 0 Å². The monoisotopic (exact) mass is 763 g/mol. The summed E-state index contributed by atoms with van der Waals surface area (Å²) in [5, 5.41) is 7.11. The van der Waals surface area contributed by atoms with Gasteiger partial charge in [0.2, 0.25) is 0 Å². The Balaban J connectivity index is 1.11. The lowest BCUT2D eigenvalue weighted by Gasteiger charge is -2.11. The fraction of sp³-hybridized carbons (Fsp3) is 0. The van der Waals surface area contributed by atoms with E-state index in [1.807, 2.05) is 53.8 Å². The van der Waals surface area contributed by atoms with E-state index in [4.69, 9.17) is 19.4 Å². The average Bonchev–Trinajstić information content (AvgIpc) is 3.98. The van der Waals surface area contributed by atoms with Crippen molar-refractivity contribution in [2.24, 2.45) is 0 Å². The van der Waals surface area contributed by atoms with Crippen molar-refractivity contribution in [3.63, 3.8) is 0 Å². The van der Waals surface area contributed by atoms with Gasteiger partial charge >= 0.3 is 0 Å². The maximum absolute atomic E-state index is 6.77. The van der Waals surface area contributed by atoms with Gasteiger partial charge in [0, 0.05) is 78.9 Å². The number of para-hydroxylation sites is 1. The van der Waals surface area contributed by atoms with E-state index in [0.717, 1.165) is 60.5 Å². The Morgan fingerprint density at radius 2 is 0.912 bits per heavy atom. The topological polar surface area (TPSA) is 51.8 Å². The maximum Gasteiger partial charge on any atom is 0.164 e. The number of benzene rings is 8. The summed E-state index contributed by atoms with van der Waals surface area (Å²) >= 11 is 3.67. The Morgan fingerprint density at radius 3 is 1.70 bits per heavy atom. The third kappa shape index (κ3) is 5.15. The summed E-state index contributed by atoms with van der Waals surface area (Å²) < 4.78 is 11.7. The van der Waals surface area contributed by atoms with Crippen LogP contribution in [0.5, 0.6) is 0 Å². The molecule has 0 fully saturated rings. The van der Waals surface area contributed by atoms with Crippen LogP contribution in [0.2, 0.25) is 0 Å². The molecule has 0 radical (unpaired) electrons. The van der Waals surface area contributed by atoms with Gasteiger partial charge in [0.25, 0.3) is 0 Å². The molecule has 0 unspecified atom stereocenters. The van der Waals surface area contributed by atoms with Crippen LogP contribution in [0.15, 0.2) is 180 Å². The normalized spacial score (nSPS) is 11.9. The third-order valence-corrected chi connectivity index (χ3v) is 13.4. The van der Waals surface area contributed by atoms with Crippen LogP contribution in [0.1, 0.15) is 0 Å². The van der Waals surface area contributed by atoms with Gasteiger partial charge in [-0.2, -0.15) is 0 Å². The number of fused-ring (bicyclic) bond motifs is 9. The molecular formula is C51H29N3OS2. The molecule has 0 N–H and O–H groups in total. The standard InChI is InChI=1S/C51H29N3OS2/c1-3-14-30(15-4-1)49-52-50(31-16-5-2-6-17-31)54-51(53-49)39-24-13-27-44-45(39)38-23-12-22-37(48(38)57-44)41-29-32(28-40-34-18-7-9-25-42(34)55-46(40)41)33-20-11-21-36-35-19-8-10-26-43(35)56-47(33)36/h1-29H. The highest BCUT2D eigenvalue weighted by molar-refractivity contribution is 7.26. The predicted molar refractivity (Wildman–Crippen MR) is 240 cm³/mol. The zero-order chi connectivity index (χ0) is 37.5. The van der Waals surface area contributed by atoms with Crippen LogP contribution in [0.3, 0.4) is 0 Å². The fourth-order valence-electron chi connectivity index (χ4n) is 8.33. The van der Waals surface area contributed by atoms with Crippen LogP contribution in [-0.4, -0.2) is 15.0 Å². The van der Waals surface area contributed by atoms with Crippen LogP contribution in [-0.2, 0) is 0 Å². The number of nitrogens with zero attached hydrogens (tertiary/aromatic N) is 3. The molecule has 6 heteroatoms. The SMILES string of the molecule is c1ccc(-c2nc(-c3ccccc3)nc(-c3cccc4sc5c(-c6cc(-c7cccc8c7sc7ccccc78)cc7c6oc6ccccc67)cccc5c34)n2)cc1. The molecular weight excluding hydrogens is 735 g/mol. The Bertz CT molecular complexity index is 3470. The Labute approximate surface area is 335 Å². The highest BCUT2D eigenvalue weighted by Gasteiger charge is 2.22. The first kappa shape index (κ1) is 32.3. The highest BCUT2D eigenvalue weighted by atomic mass is 32.1. The number of thiophene rings is 2. The molecule has 0 aliphatic carbocycles. The lowest BCUT2D eigenvalue weighted by molar-refractivity contribution is 0.670. The first-order chi connectivity index (χ1) is 28.2. The van der Waals surface area contributed by atoms with Crippen molar-refractivity contribution < 1.29 is 4.42 Å². The summed E-state index contributed by atoms with van der Waals surface area (Å²) in [7, 11) is 0. The molecule has 4 aromatic heterocycles. The van der Waals surface area contributed by atoms with Gasteiger partial charge in [-0.05, 0) is 41.5 Å². The second-order valence-corrected chi connectivity index (χ2v) is 16.4. The minimum Gasteiger partial charge on any atom is -0.455 e. The highest BCUT2D eigenvalue weighted by Crippen LogP contribution is 2.48.